The number of halogens is 2. The summed E-state index contributed by atoms with van der Waals surface area (Å²) in [6.07, 6.45) is 1.80. The van der Waals surface area contributed by atoms with Crippen LogP contribution in [0.15, 0.2) is 40.9 Å². The first-order chi connectivity index (χ1) is 12.4. The van der Waals surface area contributed by atoms with Gasteiger partial charge in [-0.2, -0.15) is 0 Å². The first kappa shape index (κ1) is 18.9. The Hall–Kier alpha value is -1.85. The second kappa shape index (κ2) is 7.80. The number of carbonyl (C=O) groups is 2. The molecule has 136 valence electrons. The van der Waals surface area contributed by atoms with Crippen molar-refractivity contribution in [2.45, 2.75) is 26.7 Å². The van der Waals surface area contributed by atoms with Gasteiger partial charge in [-0.05, 0) is 54.8 Å². The van der Waals surface area contributed by atoms with Crippen molar-refractivity contribution in [2.75, 3.05) is 16.8 Å². The van der Waals surface area contributed by atoms with Gasteiger partial charge in [0, 0.05) is 28.3 Å². The van der Waals surface area contributed by atoms with E-state index in [1.807, 2.05) is 36.9 Å². The molecule has 2 aromatic rings. The van der Waals surface area contributed by atoms with E-state index in [2.05, 4.69) is 21.2 Å². The van der Waals surface area contributed by atoms with Crippen LogP contribution in [0, 0.1) is 5.92 Å². The van der Waals surface area contributed by atoms with E-state index in [9.17, 15) is 9.59 Å². The van der Waals surface area contributed by atoms with Crippen LogP contribution in [0.1, 0.15) is 36.2 Å². The highest BCUT2D eigenvalue weighted by molar-refractivity contribution is 9.10. The normalized spacial score (nSPS) is 13.5. The second-order valence-electron chi connectivity index (χ2n) is 6.67. The summed E-state index contributed by atoms with van der Waals surface area (Å²) in [5.74, 6) is -0.176. The number of nitrogens with one attached hydrogen (secondary N) is 1. The summed E-state index contributed by atoms with van der Waals surface area (Å²) in [6, 6.07) is 10.8. The molecule has 2 amide bonds. The van der Waals surface area contributed by atoms with Crippen LogP contribution < -0.4 is 10.2 Å². The highest BCUT2D eigenvalue weighted by Gasteiger charge is 2.24. The molecule has 1 aliphatic rings. The molecule has 4 nitrogen and oxygen atoms in total. The van der Waals surface area contributed by atoms with Crippen LogP contribution in [-0.2, 0) is 11.2 Å². The lowest BCUT2D eigenvalue weighted by Gasteiger charge is -2.31. The maximum atomic E-state index is 12.5. The SMILES string of the molecule is CC(C)C(=O)N1CCCc2cc(NC(=O)c3cc(Br)ccc3Cl)ccc21. The van der Waals surface area contributed by atoms with Gasteiger partial charge in [0.05, 0.1) is 10.6 Å². The highest BCUT2D eigenvalue weighted by atomic mass is 79.9. The monoisotopic (exact) mass is 434 g/mol. The fraction of sp³-hybridized carbons (Fsp3) is 0.300. The molecule has 1 N–H and O–H groups in total. The van der Waals surface area contributed by atoms with Crippen LogP contribution in [-0.4, -0.2) is 18.4 Å². The molecule has 0 radical (unpaired) electrons. The highest BCUT2D eigenvalue weighted by Crippen LogP contribution is 2.31. The maximum Gasteiger partial charge on any atom is 0.257 e. The number of carbonyl (C=O) groups excluding carboxylic acids is 2. The van der Waals surface area contributed by atoms with E-state index < -0.39 is 0 Å². The van der Waals surface area contributed by atoms with Crippen molar-refractivity contribution in [3.63, 3.8) is 0 Å². The molecular formula is C20H20BrClN2O2. The van der Waals surface area contributed by atoms with Crippen molar-refractivity contribution in [3.8, 4) is 0 Å². The molecule has 0 saturated heterocycles. The molecule has 2 aromatic carbocycles. The van der Waals surface area contributed by atoms with Gasteiger partial charge in [-0.1, -0.05) is 41.4 Å². The van der Waals surface area contributed by atoms with Crippen molar-refractivity contribution in [2.24, 2.45) is 5.92 Å². The third kappa shape index (κ3) is 3.94. The number of hydrogen-bond acceptors (Lipinski definition) is 2. The number of amides is 2. The minimum Gasteiger partial charge on any atom is -0.322 e. The van der Waals surface area contributed by atoms with Gasteiger partial charge in [0.1, 0.15) is 0 Å². The van der Waals surface area contributed by atoms with Crippen molar-refractivity contribution >= 4 is 50.7 Å². The lowest BCUT2D eigenvalue weighted by molar-refractivity contribution is -0.121. The summed E-state index contributed by atoms with van der Waals surface area (Å²) in [7, 11) is 0. The Morgan fingerprint density at radius 2 is 1.96 bits per heavy atom. The molecule has 1 aliphatic heterocycles. The zero-order valence-electron chi connectivity index (χ0n) is 14.7. The molecule has 1 heterocycles. The summed E-state index contributed by atoms with van der Waals surface area (Å²) in [4.78, 5) is 26.8. The quantitative estimate of drug-likeness (QED) is 0.712. The average molecular weight is 436 g/mol. The topological polar surface area (TPSA) is 49.4 Å². The fourth-order valence-corrected chi connectivity index (χ4v) is 3.65. The first-order valence-electron chi connectivity index (χ1n) is 8.57. The number of fused-ring (bicyclic) bond motifs is 1. The lowest BCUT2D eigenvalue weighted by atomic mass is 9.99. The smallest absolute Gasteiger partial charge is 0.257 e. The Morgan fingerprint density at radius 3 is 2.69 bits per heavy atom. The average Bonchev–Trinajstić information content (AvgIpc) is 2.62. The number of anilines is 2. The van der Waals surface area contributed by atoms with Crippen molar-refractivity contribution in [1.82, 2.24) is 0 Å². The minimum atomic E-state index is -0.262. The zero-order chi connectivity index (χ0) is 18.8. The molecular weight excluding hydrogens is 416 g/mol. The molecule has 0 bridgehead atoms. The van der Waals surface area contributed by atoms with Gasteiger partial charge in [0.2, 0.25) is 5.91 Å². The number of rotatable bonds is 3. The van der Waals surface area contributed by atoms with E-state index in [-0.39, 0.29) is 17.7 Å². The molecule has 0 saturated carbocycles. The van der Waals surface area contributed by atoms with E-state index in [1.165, 1.54) is 0 Å². The molecule has 0 unspecified atom stereocenters. The molecule has 26 heavy (non-hydrogen) atoms. The largest absolute Gasteiger partial charge is 0.322 e. The number of nitrogens with zero attached hydrogens (tertiary/aromatic N) is 1. The Balaban J connectivity index is 1.84. The van der Waals surface area contributed by atoms with Crippen LogP contribution in [0.4, 0.5) is 11.4 Å². The van der Waals surface area contributed by atoms with Gasteiger partial charge < -0.3 is 10.2 Å². The summed E-state index contributed by atoms with van der Waals surface area (Å²) >= 11 is 9.49. The molecule has 3 rings (SSSR count). The van der Waals surface area contributed by atoms with Crippen LogP contribution in [0.2, 0.25) is 5.02 Å². The maximum absolute atomic E-state index is 12.5. The van der Waals surface area contributed by atoms with Gasteiger partial charge in [-0.15, -0.1) is 0 Å². The van der Waals surface area contributed by atoms with Gasteiger partial charge in [0.15, 0.2) is 0 Å². The molecule has 0 spiro atoms. The number of hydrogen-bond donors (Lipinski definition) is 1. The van der Waals surface area contributed by atoms with Gasteiger partial charge in [0.25, 0.3) is 5.91 Å². The third-order valence-electron chi connectivity index (χ3n) is 4.39. The van der Waals surface area contributed by atoms with E-state index in [0.29, 0.717) is 16.3 Å². The molecule has 6 heteroatoms. The molecule has 0 aliphatic carbocycles. The minimum absolute atomic E-state index is 0.0426. The van der Waals surface area contributed by atoms with Crippen LogP contribution in [0.5, 0.6) is 0 Å². The van der Waals surface area contributed by atoms with Crippen LogP contribution in [0.25, 0.3) is 0 Å². The van der Waals surface area contributed by atoms with Gasteiger partial charge >= 0.3 is 0 Å². The van der Waals surface area contributed by atoms with E-state index in [4.69, 9.17) is 11.6 Å². The van der Waals surface area contributed by atoms with Gasteiger partial charge in [-0.25, -0.2) is 0 Å². The van der Waals surface area contributed by atoms with Crippen molar-refractivity contribution in [3.05, 3.63) is 57.0 Å². The zero-order valence-corrected chi connectivity index (χ0v) is 17.0. The van der Waals surface area contributed by atoms with Gasteiger partial charge in [-0.3, -0.25) is 9.59 Å². The Bertz CT molecular complexity index is 867. The fourth-order valence-electron chi connectivity index (χ4n) is 3.09. The summed E-state index contributed by atoms with van der Waals surface area (Å²) in [5.41, 5.74) is 3.12. The predicted molar refractivity (Wildman–Crippen MR) is 109 cm³/mol. The Morgan fingerprint density at radius 1 is 1.19 bits per heavy atom. The summed E-state index contributed by atoms with van der Waals surface area (Å²) in [6.45, 7) is 4.56. The lowest BCUT2D eigenvalue weighted by Crippen LogP contribution is -2.38. The predicted octanol–water partition coefficient (Wildman–Crippen LogP) is 5.29. The van der Waals surface area contributed by atoms with E-state index in [1.54, 1.807) is 18.2 Å². The van der Waals surface area contributed by atoms with Crippen molar-refractivity contribution in [1.29, 1.82) is 0 Å². The van der Waals surface area contributed by atoms with Crippen LogP contribution in [0.3, 0.4) is 0 Å². The Kier molecular flexibility index (Phi) is 5.68. The molecule has 0 aromatic heterocycles. The first-order valence-corrected chi connectivity index (χ1v) is 9.74. The van der Waals surface area contributed by atoms with Crippen LogP contribution >= 0.6 is 27.5 Å². The van der Waals surface area contributed by atoms with Crippen molar-refractivity contribution < 1.29 is 9.59 Å². The Labute approximate surface area is 166 Å². The summed E-state index contributed by atoms with van der Waals surface area (Å²) < 4.78 is 0.792. The molecule has 0 fully saturated rings. The summed E-state index contributed by atoms with van der Waals surface area (Å²) in [5, 5.41) is 3.30. The van der Waals surface area contributed by atoms with E-state index in [0.717, 1.165) is 35.1 Å². The standard InChI is InChI=1S/C20H20BrClN2O2/c1-12(2)20(26)24-9-3-4-13-10-15(6-8-18(13)24)23-19(25)16-11-14(21)5-7-17(16)22/h5-8,10-12H,3-4,9H2,1-2H3,(H,23,25). The second-order valence-corrected chi connectivity index (χ2v) is 7.99. The third-order valence-corrected chi connectivity index (χ3v) is 5.21. The molecule has 0 atom stereocenters. The number of benzene rings is 2. The van der Waals surface area contributed by atoms with E-state index >= 15 is 0 Å². The number of aryl methyl sites for hydroxylation is 1.